The van der Waals surface area contributed by atoms with Crippen molar-refractivity contribution in [3.8, 4) is 0 Å². The molecule has 0 radical (unpaired) electrons. The molecule has 1 aromatic heterocycles. The second kappa shape index (κ2) is 16.7. The normalized spacial score (nSPS) is 15.9. The highest BCUT2D eigenvalue weighted by atomic mass is 16.5. The van der Waals surface area contributed by atoms with Gasteiger partial charge in [0.1, 0.15) is 6.61 Å². The van der Waals surface area contributed by atoms with Crippen LogP contribution in [0.15, 0.2) is 110 Å². The Kier molecular flexibility index (Phi) is 12.0. The molecule has 4 aromatic rings. The highest BCUT2D eigenvalue weighted by Gasteiger charge is 2.33. The third kappa shape index (κ3) is 8.69. The SMILES string of the molecule is C=CC[C@H](CC(=O)N1Cc2ccccc2C[C@H]1CO)C(=O)N[C@H](COC(=O)[C@@H](CC=C)Cc1ccccc1)Cc1c[nH]c2ccccc12. The molecular formula is C40H45N3O5. The number of fused-ring (bicyclic) bond motifs is 2. The average molecular weight is 648 g/mol. The maximum absolute atomic E-state index is 13.9. The molecule has 8 nitrogen and oxygen atoms in total. The Hall–Kier alpha value is -4.95. The Labute approximate surface area is 282 Å². The number of ether oxygens (including phenoxy) is 1. The first-order valence-electron chi connectivity index (χ1n) is 16.6. The van der Waals surface area contributed by atoms with Crippen molar-refractivity contribution in [3.05, 3.63) is 133 Å². The first kappa shape index (κ1) is 34.4. The van der Waals surface area contributed by atoms with Gasteiger partial charge in [0.05, 0.1) is 30.5 Å². The van der Waals surface area contributed by atoms with Gasteiger partial charge in [0.2, 0.25) is 11.8 Å². The van der Waals surface area contributed by atoms with Gasteiger partial charge >= 0.3 is 5.97 Å². The molecule has 0 fully saturated rings. The van der Waals surface area contributed by atoms with Gasteiger partial charge in [0.25, 0.3) is 0 Å². The number of para-hydroxylation sites is 1. The van der Waals surface area contributed by atoms with E-state index in [1.54, 1.807) is 17.1 Å². The maximum Gasteiger partial charge on any atom is 0.309 e. The van der Waals surface area contributed by atoms with Crippen molar-refractivity contribution in [1.29, 1.82) is 0 Å². The number of esters is 1. The van der Waals surface area contributed by atoms with Gasteiger partial charge in [0, 0.05) is 30.1 Å². The third-order valence-corrected chi connectivity index (χ3v) is 9.15. The lowest BCUT2D eigenvalue weighted by Gasteiger charge is -2.36. The first-order chi connectivity index (χ1) is 23.4. The molecule has 3 N–H and O–H groups in total. The van der Waals surface area contributed by atoms with Crippen LogP contribution in [0.2, 0.25) is 0 Å². The topological polar surface area (TPSA) is 112 Å². The molecule has 0 unspecified atom stereocenters. The van der Waals surface area contributed by atoms with Crippen LogP contribution in [-0.4, -0.2) is 58.1 Å². The minimum atomic E-state index is -0.681. The maximum atomic E-state index is 13.9. The van der Waals surface area contributed by atoms with E-state index in [0.29, 0.717) is 38.6 Å². The first-order valence-corrected chi connectivity index (χ1v) is 16.6. The van der Waals surface area contributed by atoms with Crippen molar-refractivity contribution in [1.82, 2.24) is 15.2 Å². The summed E-state index contributed by atoms with van der Waals surface area (Å²) in [5, 5.41) is 14.3. The van der Waals surface area contributed by atoms with Gasteiger partial charge in [-0.2, -0.15) is 0 Å². The fourth-order valence-electron chi connectivity index (χ4n) is 6.55. The summed E-state index contributed by atoms with van der Waals surface area (Å²) >= 11 is 0. The molecule has 2 heterocycles. The van der Waals surface area contributed by atoms with E-state index in [0.717, 1.165) is 33.2 Å². The van der Waals surface area contributed by atoms with Crippen LogP contribution < -0.4 is 5.32 Å². The molecule has 0 spiro atoms. The quantitative estimate of drug-likeness (QED) is 0.107. The van der Waals surface area contributed by atoms with Crippen molar-refractivity contribution in [2.75, 3.05) is 13.2 Å². The van der Waals surface area contributed by atoms with Crippen LogP contribution in [0.5, 0.6) is 0 Å². The van der Waals surface area contributed by atoms with Crippen LogP contribution in [0.4, 0.5) is 0 Å². The Morgan fingerprint density at radius 2 is 1.60 bits per heavy atom. The number of hydrogen-bond acceptors (Lipinski definition) is 5. The average Bonchev–Trinajstić information content (AvgIpc) is 3.52. The smallest absolute Gasteiger partial charge is 0.309 e. The summed E-state index contributed by atoms with van der Waals surface area (Å²) in [7, 11) is 0. The number of benzene rings is 3. The van der Waals surface area contributed by atoms with Gasteiger partial charge in [-0.3, -0.25) is 14.4 Å². The molecule has 0 bridgehead atoms. The highest BCUT2D eigenvalue weighted by Crippen LogP contribution is 2.26. The lowest BCUT2D eigenvalue weighted by atomic mass is 9.92. The summed E-state index contributed by atoms with van der Waals surface area (Å²) in [4.78, 5) is 45.9. The minimum Gasteiger partial charge on any atom is -0.463 e. The van der Waals surface area contributed by atoms with Crippen LogP contribution in [0.25, 0.3) is 10.9 Å². The molecule has 0 saturated heterocycles. The number of hydrogen-bond donors (Lipinski definition) is 3. The lowest BCUT2D eigenvalue weighted by molar-refractivity contribution is -0.149. The van der Waals surface area contributed by atoms with Gasteiger partial charge in [0.15, 0.2) is 0 Å². The molecule has 250 valence electrons. The number of allylic oxidation sites excluding steroid dienone is 2. The van der Waals surface area contributed by atoms with E-state index in [-0.39, 0.29) is 43.5 Å². The fraction of sp³-hybridized carbons (Fsp3) is 0.325. The number of amides is 2. The Morgan fingerprint density at radius 1 is 0.917 bits per heavy atom. The predicted molar refractivity (Wildman–Crippen MR) is 188 cm³/mol. The van der Waals surface area contributed by atoms with E-state index in [2.05, 4.69) is 23.5 Å². The fourth-order valence-corrected chi connectivity index (χ4v) is 6.55. The summed E-state index contributed by atoms with van der Waals surface area (Å²) in [6.07, 6.45) is 7.50. The number of carbonyl (C=O) groups excluding carboxylic acids is 3. The van der Waals surface area contributed by atoms with E-state index in [1.165, 1.54) is 0 Å². The zero-order chi connectivity index (χ0) is 33.9. The van der Waals surface area contributed by atoms with Gasteiger partial charge < -0.3 is 25.0 Å². The number of H-pyrrole nitrogens is 1. The molecule has 8 heteroatoms. The second-order valence-electron chi connectivity index (χ2n) is 12.6. The van der Waals surface area contributed by atoms with Crippen LogP contribution in [0.3, 0.4) is 0 Å². The van der Waals surface area contributed by atoms with Crippen LogP contribution >= 0.6 is 0 Å². The predicted octanol–water partition coefficient (Wildman–Crippen LogP) is 5.70. The van der Waals surface area contributed by atoms with Gasteiger partial charge in [-0.1, -0.05) is 84.9 Å². The Balaban J connectivity index is 1.30. The minimum absolute atomic E-state index is 0.0310. The zero-order valence-corrected chi connectivity index (χ0v) is 27.4. The van der Waals surface area contributed by atoms with Crippen LogP contribution in [-0.2, 0) is 44.9 Å². The summed E-state index contributed by atoms with van der Waals surface area (Å²) in [6, 6.07) is 24.7. The number of aliphatic hydroxyl groups excluding tert-OH is 1. The van der Waals surface area contributed by atoms with Crippen molar-refractivity contribution in [2.24, 2.45) is 11.8 Å². The van der Waals surface area contributed by atoms with Crippen LogP contribution in [0.1, 0.15) is 41.5 Å². The Bertz CT molecular complexity index is 1710. The molecule has 3 aromatic carbocycles. The third-order valence-electron chi connectivity index (χ3n) is 9.15. The number of nitrogens with one attached hydrogen (secondary N) is 2. The van der Waals surface area contributed by atoms with Gasteiger partial charge in [-0.25, -0.2) is 0 Å². The second-order valence-corrected chi connectivity index (χ2v) is 12.6. The van der Waals surface area contributed by atoms with E-state index in [4.69, 9.17) is 4.74 Å². The summed E-state index contributed by atoms with van der Waals surface area (Å²) < 4.78 is 5.90. The van der Waals surface area contributed by atoms with E-state index in [1.807, 2.05) is 85.1 Å². The number of aromatic amines is 1. The van der Waals surface area contributed by atoms with Gasteiger partial charge in [-0.05, 0) is 60.4 Å². The Morgan fingerprint density at radius 3 is 2.35 bits per heavy atom. The standard InChI is InChI=1S/C40H45N3O5/c1-3-12-30(23-38(45)43-25-32-17-9-8-16-29(32)22-35(43)26-44)39(46)42-34(21-33-24-41-37-19-11-10-18-36(33)37)27-48-40(47)31(13-4-2)20-28-14-6-5-7-15-28/h3-11,14-19,24,30-31,34-35,41,44H,1-2,12-13,20-23,25-27H2,(H,42,46)/t30-,31+,34+,35+/m1/s1. The molecule has 0 saturated carbocycles. The number of aliphatic hydroxyl groups is 1. The van der Waals surface area contributed by atoms with E-state index < -0.39 is 17.9 Å². The monoisotopic (exact) mass is 647 g/mol. The molecule has 4 atom stereocenters. The lowest BCUT2D eigenvalue weighted by Crippen LogP contribution is -2.48. The number of aromatic nitrogens is 1. The molecule has 48 heavy (non-hydrogen) atoms. The number of nitrogens with zero attached hydrogens (tertiary/aromatic N) is 1. The molecule has 0 aliphatic carbocycles. The zero-order valence-electron chi connectivity index (χ0n) is 27.4. The molecular weight excluding hydrogens is 602 g/mol. The van der Waals surface area contributed by atoms with Crippen molar-refractivity contribution >= 4 is 28.7 Å². The molecule has 1 aliphatic rings. The van der Waals surface area contributed by atoms with Crippen LogP contribution in [0, 0.1) is 11.8 Å². The van der Waals surface area contributed by atoms with E-state index in [9.17, 15) is 19.5 Å². The summed E-state index contributed by atoms with van der Waals surface area (Å²) in [5.41, 5.74) is 5.15. The summed E-state index contributed by atoms with van der Waals surface area (Å²) in [6.45, 7) is 7.87. The number of rotatable bonds is 16. The van der Waals surface area contributed by atoms with Gasteiger partial charge in [-0.15, -0.1) is 13.2 Å². The summed E-state index contributed by atoms with van der Waals surface area (Å²) in [5.74, 6) is -1.95. The van der Waals surface area contributed by atoms with E-state index >= 15 is 0 Å². The molecule has 5 rings (SSSR count). The van der Waals surface area contributed by atoms with Crippen molar-refractivity contribution in [3.63, 3.8) is 0 Å². The molecule has 2 amide bonds. The highest BCUT2D eigenvalue weighted by molar-refractivity contribution is 5.87. The van der Waals surface area contributed by atoms with Crippen molar-refractivity contribution < 1.29 is 24.2 Å². The number of carbonyl (C=O) groups is 3. The largest absolute Gasteiger partial charge is 0.463 e. The molecule has 1 aliphatic heterocycles. The van der Waals surface area contributed by atoms with Crippen molar-refractivity contribution in [2.45, 2.75) is 57.2 Å².